The zero-order valence-corrected chi connectivity index (χ0v) is 16.0. The second-order valence-electron chi connectivity index (χ2n) is 6.50. The summed E-state index contributed by atoms with van der Waals surface area (Å²) in [5, 5.41) is 3.43. The van der Waals surface area contributed by atoms with Gasteiger partial charge in [0, 0.05) is 22.6 Å². The summed E-state index contributed by atoms with van der Waals surface area (Å²) in [5.41, 5.74) is 1.91. The quantitative estimate of drug-likeness (QED) is 0.491. The van der Waals surface area contributed by atoms with Crippen molar-refractivity contribution in [1.82, 2.24) is 0 Å². The van der Waals surface area contributed by atoms with E-state index in [0.717, 1.165) is 12.8 Å². The molecule has 1 atom stereocenters. The first kappa shape index (κ1) is 19.6. The topological polar surface area (TPSA) is 46.2 Å². The highest BCUT2D eigenvalue weighted by molar-refractivity contribution is 6.38. The molecule has 2 aromatic carbocycles. The molecule has 6 heteroatoms. The lowest BCUT2D eigenvalue weighted by Gasteiger charge is -2.11. The van der Waals surface area contributed by atoms with E-state index in [4.69, 9.17) is 23.2 Å². The molecule has 4 rings (SSSR count). The van der Waals surface area contributed by atoms with Gasteiger partial charge >= 0.3 is 0 Å². The van der Waals surface area contributed by atoms with Crippen LogP contribution in [0, 0.1) is 5.82 Å². The van der Waals surface area contributed by atoms with Gasteiger partial charge in [0.1, 0.15) is 5.82 Å². The van der Waals surface area contributed by atoms with Gasteiger partial charge in [-0.2, -0.15) is 0 Å². The Kier molecular flexibility index (Phi) is 5.68. The molecule has 0 saturated heterocycles. The predicted molar refractivity (Wildman–Crippen MR) is 106 cm³/mol. The number of hydrogen-bond donors (Lipinski definition) is 1. The summed E-state index contributed by atoms with van der Waals surface area (Å²) < 4.78 is 14.2. The zero-order chi connectivity index (χ0) is 19.7. The molecule has 0 bridgehead atoms. The maximum Gasteiger partial charge on any atom is 0.232 e. The maximum atomic E-state index is 14.2. The molecule has 1 fully saturated rings. The molecule has 0 spiro atoms. The lowest BCUT2D eigenvalue weighted by molar-refractivity contribution is -0.117. The summed E-state index contributed by atoms with van der Waals surface area (Å²) in [7, 11) is 0. The summed E-state index contributed by atoms with van der Waals surface area (Å²) in [4.78, 5) is 24.8. The van der Waals surface area contributed by atoms with Crippen molar-refractivity contribution in [3.63, 3.8) is 0 Å². The van der Waals surface area contributed by atoms with Gasteiger partial charge in [-0.05, 0) is 42.5 Å². The molecule has 2 aliphatic rings. The average molecular weight is 406 g/mol. The van der Waals surface area contributed by atoms with Crippen LogP contribution in [-0.4, -0.2) is 11.7 Å². The van der Waals surface area contributed by atoms with Crippen molar-refractivity contribution in [2.45, 2.75) is 31.1 Å². The molecular formula is C21H18Cl2FNO2. The number of fused-ring (bicyclic) bond motifs is 1. The molecule has 1 saturated carbocycles. The highest BCUT2D eigenvalue weighted by Gasteiger charge is 2.36. The number of carbonyl (C=O) groups excluding carboxylic acids is 2. The molecule has 140 valence electrons. The van der Waals surface area contributed by atoms with Gasteiger partial charge in [0.15, 0.2) is 5.78 Å². The predicted octanol–water partition coefficient (Wildman–Crippen LogP) is 6.12. The molecule has 1 unspecified atom stereocenters. The van der Waals surface area contributed by atoms with Crippen LogP contribution in [0.15, 0.2) is 43.5 Å². The fourth-order valence-corrected chi connectivity index (χ4v) is 3.80. The van der Waals surface area contributed by atoms with E-state index in [1.165, 1.54) is 6.07 Å². The monoisotopic (exact) mass is 405 g/mol. The van der Waals surface area contributed by atoms with E-state index in [9.17, 15) is 14.0 Å². The standard InChI is InChI=1S/C19H14Cl2FNO2.C2H4/c20-13-5-6-14(21)18-17(13)12(19(25)23-18)8-16(24)10-3-4-11(9-1-2-9)15(22)7-10;1-2/h3-7,9,12H,1-2,8H2,(H,23,25);1-2H2. The maximum absolute atomic E-state index is 14.2. The van der Waals surface area contributed by atoms with Crippen LogP contribution in [0.25, 0.3) is 0 Å². The third-order valence-corrected chi connectivity index (χ3v) is 5.43. The molecule has 1 heterocycles. The molecular weight excluding hydrogens is 388 g/mol. The Morgan fingerprint density at radius 3 is 2.44 bits per heavy atom. The number of amides is 1. The normalized spacial score (nSPS) is 17.6. The highest BCUT2D eigenvalue weighted by atomic mass is 35.5. The highest BCUT2D eigenvalue weighted by Crippen LogP contribution is 2.44. The third kappa shape index (κ3) is 3.78. The Bertz CT molecular complexity index is 925. The molecule has 2 aromatic rings. The van der Waals surface area contributed by atoms with Crippen LogP contribution in [-0.2, 0) is 4.79 Å². The number of benzene rings is 2. The minimum absolute atomic E-state index is 0.0822. The Balaban J connectivity index is 0.00000102. The summed E-state index contributed by atoms with van der Waals surface area (Å²) in [6.07, 6.45) is 1.89. The van der Waals surface area contributed by atoms with E-state index >= 15 is 0 Å². The molecule has 1 N–H and O–H groups in total. The molecule has 0 aromatic heterocycles. The van der Waals surface area contributed by atoms with E-state index in [-0.39, 0.29) is 35.4 Å². The summed E-state index contributed by atoms with van der Waals surface area (Å²) in [6, 6.07) is 7.77. The molecule has 1 aliphatic heterocycles. The number of rotatable bonds is 4. The largest absolute Gasteiger partial charge is 0.324 e. The Hall–Kier alpha value is -2.17. The van der Waals surface area contributed by atoms with E-state index in [2.05, 4.69) is 18.5 Å². The van der Waals surface area contributed by atoms with E-state index in [1.54, 1.807) is 24.3 Å². The number of nitrogens with one attached hydrogen (secondary N) is 1. The third-order valence-electron chi connectivity index (χ3n) is 4.78. The van der Waals surface area contributed by atoms with Crippen LogP contribution in [0.4, 0.5) is 10.1 Å². The van der Waals surface area contributed by atoms with Crippen molar-refractivity contribution in [1.29, 1.82) is 0 Å². The van der Waals surface area contributed by atoms with E-state index in [1.807, 2.05) is 0 Å². The van der Waals surface area contributed by atoms with Gasteiger partial charge in [0.05, 0.1) is 16.6 Å². The minimum Gasteiger partial charge on any atom is -0.324 e. The first-order chi connectivity index (χ1) is 13.0. The Morgan fingerprint density at radius 2 is 1.81 bits per heavy atom. The summed E-state index contributed by atoms with van der Waals surface area (Å²) in [5.74, 6) is -1.43. The van der Waals surface area contributed by atoms with Crippen molar-refractivity contribution in [2.75, 3.05) is 5.32 Å². The van der Waals surface area contributed by atoms with Crippen LogP contribution in [0.5, 0.6) is 0 Å². The smallest absolute Gasteiger partial charge is 0.232 e. The van der Waals surface area contributed by atoms with E-state index < -0.39 is 5.92 Å². The Morgan fingerprint density at radius 1 is 1.15 bits per heavy atom. The Labute approximate surface area is 167 Å². The van der Waals surface area contributed by atoms with E-state index in [0.29, 0.717) is 26.9 Å². The summed E-state index contributed by atoms with van der Waals surface area (Å²) in [6.45, 7) is 6.00. The summed E-state index contributed by atoms with van der Waals surface area (Å²) >= 11 is 12.3. The second-order valence-corrected chi connectivity index (χ2v) is 7.31. The first-order valence-electron chi connectivity index (χ1n) is 8.57. The fourth-order valence-electron chi connectivity index (χ4n) is 3.30. The van der Waals surface area contributed by atoms with Crippen LogP contribution >= 0.6 is 23.2 Å². The first-order valence-corrected chi connectivity index (χ1v) is 9.32. The fraction of sp³-hybridized carbons (Fsp3) is 0.238. The SMILES string of the molecule is C=C.O=C(CC1C(=O)Nc2c(Cl)ccc(Cl)c21)c1ccc(C2CC2)c(F)c1. The van der Waals surface area contributed by atoms with Crippen LogP contribution in [0.1, 0.15) is 52.6 Å². The number of halogens is 3. The molecule has 3 nitrogen and oxygen atoms in total. The average Bonchev–Trinajstić information content (AvgIpc) is 3.44. The van der Waals surface area contributed by atoms with Crippen molar-refractivity contribution >= 4 is 40.6 Å². The van der Waals surface area contributed by atoms with Gasteiger partial charge in [-0.25, -0.2) is 4.39 Å². The van der Waals surface area contributed by atoms with Gasteiger partial charge in [0.25, 0.3) is 0 Å². The number of hydrogen-bond acceptors (Lipinski definition) is 2. The number of Topliss-reactive ketones (excluding diaryl/α,β-unsaturated/α-hetero) is 1. The molecule has 27 heavy (non-hydrogen) atoms. The number of ketones is 1. The van der Waals surface area contributed by atoms with Crippen molar-refractivity contribution in [3.8, 4) is 0 Å². The van der Waals surface area contributed by atoms with Gasteiger partial charge < -0.3 is 5.32 Å². The van der Waals surface area contributed by atoms with Crippen LogP contribution < -0.4 is 5.32 Å². The zero-order valence-electron chi connectivity index (χ0n) is 14.5. The lowest BCUT2D eigenvalue weighted by atomic mass is 9.92. The minimum atomic E-state index is -0.722. The van der Waals surface area contributed by atoms with Crippen LogP contribution in [0.2, 0.25) is 10.0 Å². The van der Waals surface area contributed by atoms with Gasteiger partial charge in [-0.15, -0.1) is 13.2 Å². The van der Waals surface area contributed by atoms with Crippen molar-refractivity contribution < 1.29 is 14.0 Å². The van der Waals surface area contributed by atoms with Gasteiger partial charge in [0.2, 0.25) is 5.91 Å². The van der Waals surface area contributed by atoms with Crippen molar-refractivity contribution in [3.05, 3.63) is 76.0 Å². The van der Waals surface area contributed by atoms with Crippen LogP contribution in [0.3, 0.4) is 0 Å². The number of anilines is 1. The number of carbonyl (C=O) groups is 2. The molecule has 0 radical (unpaired) electrons. The van der Waals surface area contributed by atoms with Gasteiger partial charge in [-0.3, -0.25) is 9.59 Å². The second kappa shape index (κ2) is 7.83. The lowest BCUT2D eigenvalue weighted by Crippen LogP contribution is -2.16. The molecule has 1 amide bonds. The van der Waals surface area contributed by atoms with Gasteiger partial charge in [-0.1, -0.05) is 35.3 Å². The molecule has 1 aliphatic carbocycles. The van der Waals surface area contributed by atoms with Crippen molar-refractivity contribution in [2.24, 2.45) is 0 Å².